The molecule has 7 heteroatoms. The van der Waals surface area contributed by atoms with Gasteiger partial charge in [0.25, 0.3) is 0 Å². The van der Waals surface area contributed by atoms with Crippen LogP contribution in [0, 0.1) is 13.8 Å². The topological polar surface area (TPSA) is 55.5 Å². The third-order valence-electron chi connectivity index (χ3n) is 3.49. The largest absolute Gasteiger partial charge is 0.573 e. The van der Waals surface area contributed by atoms with Gasteiger partial charge in [0.1, 0.15) is 11.5 Å². The van der Waals surface area contributed by atoms with E-state index in [9.17, 15) is 18.3 Å². The summed E-state index contributed by atoms with van der Waals surface area (Å²) in [5, 5.41) is 10.2. The predicted molar refractivity (Wildman–Crippen MR) is 84.4 cm³/mol. The fourth-order valence-electron chi connectivity index (χ4n) is 2.39. The van der Waals surface area contributed by atoms with Crippen molar-refractivity contribution in [3.8, 4) is 11.5 Å². The van der Waals surface area contributed by atoms with Crippen LogP contribution in [0.4, 0.5) is 13.2 Å². The molecule has 0 aromatic heterocycles. The molecule has 124 valence electrons. The van der Waals surface area contributed by atoms with E-state index in [0.717, 1.165) is 15.6 Å². The van der Waals surface area contributed by atoms with Crippen LogP contribution in [-0.2, 0) is 0 Å². The summed E-state index contributed by atoms with van der Waals surface area (Å²) in [6, 6.07) is 6.19. The highest BCUT2D eigenvalue weighted by atomic mass is 79.9. The van der Waals surface area contributed by atoms with Gasteiger partial charge in [-0.05, 0) is 48.7 Å². The molecule has 2 aromatic carbocycles. The van der Waals surface area contributed by atoms with Crippen LogP contribution in [0.2, 0.25) is 0 Å². The summed E-state index contributed by atoms with van der Waals surface area (Å²) in [6.45, 7) is 3.66. The second kappa shape index (κ2) is 6.41. The molecule has 0 amide bonds. The number of hydrogen-bond donors (Lipinski definition) is 2. The van der Waals surface area contributed by atoms with Crippen LogP contribution in [-0.4, -0.2) is 11.5 Å². The number of aromatic hydroxyl groups is 1. The van der Waals surface area contributed by atoms with Crippen molar-refractivity contribution in [2.75, 3.05) is 0 Å². The molecule has 0 fully saturated rings. The normalized spacial score (nSPS) is 13.0. The van der Waals surface area contributed by atoms with Crippen LogP contribution < -0.4 is 10.5 Å². The quantitative estimate of drug-likeness (QED) is 0.798. The second-order valence-corrected chi connectivity index (χ2v) is 5.95. The highest BCUT2D eigenvalue weighted by molar-refractivity contribution is 9.10. The molecule has 2 rings (SSSR count). The van der Waals surface area contributed by atoms with Crippen LogP contribution in [0.25, 0.3) is 0 Å². The minimum Gasteiger partial charge on any atom is -0.508 e. The Balaban J connectivity index is 2.35. The fourth-order valence-corrected chi connectivity index (χ4v) is 2.72. The summed E-state index contributed by atoms with van der Waals surface area (Å²) >= 11 is 3.44. The van der Waals surface area contributed by atoms with E-state index in [1.54, 1.807) is 6.07 Å². The van der Waals surface area contributed by atoms with Crippen molar-refractivity contribution in [2.45, 2.75) is 26.3 Å². The van der Waals surface area contributed by atoms with Crippen molar-refractivity contribution in [2.24, 2.45) is 5.73 Å². The smallest absolute Gasteiger partial charge is 0.508 e. The standard InChI is InChI=1S/C16H15BrF3NO2/c1-8-7-12(22)13(9(2)14(8)17)15(21)10-3-5-11(6-4-10)23-16(18,19)20/h3-7,15,22H,21H2,1-2H3/t15-/m1/s1. The Labute approximate surface area is 140 Å². The van der Waals surface area contributed by atoms with Crippen molar-refractivity contribution in [1.82, 2.24) is 0 Å². The zero-order valence-corrected chi connectivity index (χ0v) is 14.0. The Morgan fingerprint density at radius 2 is 1.74 bits per heavy atom. The van der Waals surface area contributed by atoms with Crippen LogP contribution in [0.15, 0.2) is 34.8 Å². The maximum absolute atomic E-state index is 12.2. The molecular formula is C16H15BrF3NO2. The highest BCUT2D eigenvalue weighted by Gasteiger charge is 2.31. The molecule has 0 bridgehead atoms. The molecule has 0 unspecified atom stereocenters. The first kappa shape index (κ1) is 17.6. The Morgan fingerprint density at radius 3 is 2.26 bits per heavy atom. The van der Waals surface area contributed by atoms with Gasteiger partial charge in [-0.25, -0.2) is 0 Å². The van der Waals surface area contributed by atoms with Gasteiger partial charge in [-0.1, -0.05) is 28.1 Å². The van der Waals surface area contributed by atoms with Gasteiger partial charge in [0.15, 0.2) is 0 Å². The average molecular weight is 390 g/mol. The third kappa shape index (κ3) is 3.97. The first-order valence-electron chi connectivity index (χ1n) is 6.70. The molecule has 0 heterocycles. The van der Waals surface area contributed by atoms with Gasteiger partial charge in [0.05, 0.1) is 6.04 Å². The average Bonchev–Trinajstić information content (AvgIpc) is 2.44. The van der Waals surface area contributed by atoms with Crippen molar-refractivity contribution < 1.29 is 23.0 Å². The number of ether oxygens (including phenoxy) is 1. The first-order chi connectivity index (χ1) is 10.6. The van der Waals surface area contributed by atoms with Crippen LogP contribution >= 0.6 is 15.9 Å². The molecule has 0 saturated carbocycles. The van der Waals surface area contributed by atoms with Gasteiger partial charge in [0.2, 0.25) is 0 Å². The SMILES string of the molecule is Cc1cc(O)c([C@H](N)c2ccc(OC(F)(F)F)cc2)c(C)c1Br. The molecule has 0 aliphatic heterocycles. The molecule has 23 heavy (non-hydrogen) atoms. The van der Waals surface area contributed by atoms with Gasteiger partial charge in [-0.3, -0.25) is 0 Å². The minimum absolute atomic E-state index is 0.0475. The number of phenols is 1. The second-order valence-electron chi connectivity index (χ2n) is 5.16. The van der Waals surface area contributed by atoms with Crippen molar-refractivity contribution in [3.63, 3.8) is 0 Å². The van der Waals surface area contributed by atoms with Gasteiger partial charge in [0, 0.05) is 10.0 Å². The van der Waals surface area contributed by atoms with Crippen LogP contribution in [0.1, 0.15) is 28.3 Å². The van der Waals surface area contributed by atoms with E-state index in [0.29, 0.717) is 11.1 Å². The van der Waals surface area contributed by atoms with Crippen LogP contribution in [0.3, 0.4) is 0 Å². The summed E-state index contributed by atoms with van der Waals surface area (Å²) in [5.74, 6) is -0.272. The predicted octanol–water partition coefficient (Wildman–Crippen LogP) is 4.72. The van der Waals surface area contributed by atoms with E-state index in [-0.39, 0.29) is 11.5 Å². The molecule has 0 spiro atoms. The molecule has 3 nitrogen and oxygen atoms in total. The van der Waals surface area contributed by atoms with Crippen LogP contribution in [0.5, 0.6) is 11.5 Å². The number of halogens is 4. The zero-order chi connectivity index (χ0) is 17.4. The summed E-state index contributed by atoms with van der Waals surface area (Å²) in [6.07, 6.45) is -4.74. The number of benzene rings is 2. The lowest BCUT2D eigenvalue weighted by molar-refractivity contribution is -0.274. The third-order valence-corrected chi connectivity index (χ3v) is 4.71. The molecule has 0 aliphatic rings. The molecule has 0 aliphatic carbocycles. The molecule has 1 atom stereocenters. The minimum atomic E-state index is -4.74. The summed E-state index contributed by atoms with van der Waals surface area (Å²) in [7, 11) is 0. The van der Waals surface area contributed by atoms with Crippen molar-refractivity contribution in [3.05, 3.63) is 57.1 Å². The number of aryl methyl sites for hydroxylation is 1. The molecule has 0 saturated heterocycles. The monoisotopic (exact) mass is 389 g/mol. The number of rotatable bonds is 3. The van der Waals surface area contributed by atoms with Crippen molar-refractivity contribution in [1.29, 1.82) is 0 Å². The van der Waals surface area contributed by atoms with E-state index in [2.05, 4.69) is 20.7 Å². The lowest BCUT2D eigenvalue weighted by Gasteiger charge is -2.19. The maximum Gasteiger partial charge on any atom is 0.573 e. The van der Waals surface area contributed by atoms with Gasteiger partial charge < -0.3 is 15.6 Å². The van der Waals surface area contributed by atoms with Crippen molar-refractivity contribution >= 4 is 15.9 Å². The lowest BCUT2D eigenvalue weighted by Crippen LogP contribution is -2.17. The molecule has 3 N–H and O–H groups in total. The van der Waals surface area contributed by atoms with E-state index < -0.39 is 12.4 Å². The van der Waals surface area contributed by atoms with E-state index in [4.69, 9.17) is 5.73 Å². The molecular weight excluding hydrogens is 375 g/mol. The molecule has 2 aromatic rings. The van der Waals surface area contributed by atoms with Gasteiger partial charge in [-0.2, -0.15) is 0 Å². The lowest BCUT2D eigenvalue weighted by atomic mass is 9.93. The Bertz CT molecular complexity index is 715. The number of hydrogen-bond acceptors (Lipinski definition) is 3. The summed E-state index contributed by atoms with van der Waals surface area (Å²) in [4.78, 5) is 0. The first-order valence-corrected chi connectivity index (χ1v) is 7.49. The van der Waals surface area contributed by atoms with E-state index in [1.807, 2.05) is 13.8 Å². The number of nitrogens with two attached hydrogens (primary N) is 1. The van der Waals surface area contributed by atoms with E-state index >= 15 is 0 Å². The number of phenolic OH excluding ortho intramolecular Hbond substituents is 1. The Kier molecular flexibility index (Phi) is 4.91. The van der Waals surface area contributed by atoms with Gasteiger partial charge in [-0.15, -0.1) is 13.2 Å². The Hall–Kier alpha value is -1.73. The van der Waals surface area contributed by atoms with Gasteiger partial charge >= 0.3 is 6.36 Å². The highest BCUT2D eigenvalue weighted by Crippen LogP contribution is 2.37. The fraction of sp³-hybridized carbons (Fsp3) is 0.250. The molecule has 0 radical (unpaired) electrons. The summed E-state index contributed by atoms with van der Waals surface area (Å²) in [5.41, 5.74) is 8.90. The van der Waals surface area contributed by atoms with E-state index in [1.165, 1.54) is 24.3 Å². The number of alkyl halides is 3. The summed E-state index contributed by atoms with van der Waals surface area (Å²) < 4.78 is 41.2. The Morgan fingerprint density at radius 1 is 1.17 bits per heavy atom. The maximum atomic E-state index is 12.2. The zero-order valence-electron chi connectivity index (χ0n) is 12.4.